The summed E-state index contributed by atoms with van der Waals surface area (Å²) >= 11 is 0. The lowest BCUT2D eigenvalue weighted by atomic mass is 10.2. The summed E-state index contributed by atoms with van der Waals surface area (Å²) in [5.41, 5.74) is 5.68. The summed E-state index contributed by atoms with van der Waals surface area (Å²) in [6.07, 6.45) is -1.08. The number of carboxylic acid groups (broad SMARTS) is 1. The minimum Gasteiger partial charge on any atom is -0.478 e. The molecule has 6 heteroatoms. The molecule has 16 heavy (non-hydrogen) atoms. The quantitative estimate of drug-likeness (QED) is 0.720. The molecule has 2 rings (SSSR count). The Balaban J connectivity index is 2.41. The number of fused-ring (bicyclic) bond motifs is 1. The zero-order valence-electron chi connectivity index (χ0n) is 8.29. The van der Waals surface area contributed by atoms with Crippen LogP contribution in [0.15, 0.2) is 24.3 Å². The zero-order valence-corrected chi connectivity index (χ0v) is 8.29. The summed E-state index contributed by atoms with van der Waals surface area (Å²) in [5.74, 6) is -0.777. The first-order chi connectivity index (χ1) is 7.59. The van der Waals surface area contributed by atoms with Gasteiger partial charge in [0.05, 0.1) is 12.2 Å². The number of hydrogen-bond acceptors (Lipinski definition) is 3. The average Bonchev–Trinajstić information content (AvgIpc) is 2.27. The minimum absolute atomic E-state index is 0.0817. The molecule has 1 aliphatic rings. The molecule has 1 atom stereocenters. The third kappa shape index (κ3) is 1.65. The van der Waals surface area contributed by atoms with Crippen molar-refractivity contribution in [2.75, 3.05) is 11.4 Å². The van der Waals surface area contributed by atoms with E-state index in [1.165, 1.54) is 4.90 Å². The number of ether oxygens (including phenoxy) is 1. The van der Waals surface area contributed by atoms with Gasteiger partial charge in [-0.3, -0.25) is 4.90 Å². The Morgan fingerprint density at radius 3 is 2.75 bits per heavy atom. The van der Waals surface area contributed by atoms with Crippen molar-refractivity contribution < 1.29 is 19.4 Å². The third-order valence-electron chi connectivity index (χ3n) is 2.32. The van der Waals surface area contributed by atoms with E-state index in [0.717, 1.165) is 0 Å². The van der Waals surface area contributed by atoms with E-state index in [9.17, 15) is 9.59 Å². The number of carbonyl (C=O) groups is 2. The molecule has 0 saturated carbocycles. The molecule has 0 radical (unpaired) electrons. The van der Waals surface area contributed by atoms with Gasteiger partial charge in [-0.05, 0) is 12.1 Å². The molecule has 0 spiro atoms. The fourth-order valence-electron chi connectivity index (χ4n) is 1.57. The minimum atomic E-state index is -1.12. The molecule has 1 aliphatic heterocycles. The van der Waals surface area contributed by atoms with Gasteiger partial charge in [0, 0.05) is 0 Å². The number of rotatable bonds is 1. The number of hydrogen-bond donors (Lipinski definition) is 2. The largest absolute Gasteiger partial charge is 0.478 e. The Labute approximate surface area is 91.2 Å². The molecule has 0 aromatic heterocycles. The van der Waals surface area contributed by atoms with Gasteiger partial charge in [0.2, 0.25) is 6.10 Å². The van der Waals surface area contributed by atoms with Crippen LogP contribution in [0.3, 0.4) is 0 Å². The van der Waals surface area contributed by atoms with E-state index < -0.39 is 18.1 Å². The van der Waals surface area contributed by atoms with Gasteiger partial charge in [-0.1, -0.05) is 12.1 Å². The molecule has 0 bridgehead atoms. The van der Waals surface area contributed by atoms with Crippen molar-refractivity contribution in [3.63, 3.8) is 0 Å². The summed E-state index contributed by atoms with van der Waals surface area (Å²) in [5, 5.41) is 8.86. The number of amides is 2. The second-order valence-corrected chi connectivity index (χ2v) is 3.36. The van der Waals surface area contributed by atoms with Crippen LogP contribution in [0.2, 0.25) is 0 Å². The number of primary amides is 1. The molecular formula is C10H10N2O4. The number of nitrogens with two attached hydrogens (primary N) is 1. The highest BCUT2D eigenvalue weighted by atomic mass is 16.5. The van der Waals surface area contributed by atoms with Crippen molar-refractivity contribution in [3.05, 3.63) is 24.3 Å². The molecule has 0 fully saturated rings. The summed E-state index contributed by atoms with van der Waals surface area (Å²) in [6.45, 7) is -0.0817. The van der Waals surface area contributed by atoms with E-state index >= 15 is 0 Å². The molecule has 2 amide bonds. The lowest BCUT2D eigenvalue weighted by Crippen LogP contribution is -2.49. The van der Waals surface area contributed by atoms with Crippen LogP contribution in [0.25, 0.3) is 0 Å². The van der Waals surface area contributed by atoms with Gasteiger partial charge >= 0.3 is 12.0 Å². The molecule has 1 heterocycles. The number of anilines is 1. The number of para-hydroxylation sites is 2. The van der Waals surface area contributed by atoms with E-state index in [1.807, 2.05) is 0 Å². The fourth-order valence-corrected chi connectivity index (χ4v) is 1.57. The Bertz CT molecular complexity index is 446. The second-order valence-electron chi connectivity index (χ2n) is 3.36. The van der Waals surface area contributed by atoms with Gasteiger partial charge in [0.1, 0.15) is 5.75 Å². The normalized spacial score (nSPS) is 18.5. The van der Waals surface area contributed by atoms with Crippen LogP contribution in [-0.4, -0.2) is 29.8 Å². The molecule has 84 valence electrons. The Morgan fingerprint density at radius 2 is 2.12 bits per heavy atom. The Hall–Kier alpha value is -2.24. The maximum atomic E-state index is 11.2. The number of carbonyl (C=O) groups excluding carboxylic acids is 1. The number of aliphatic carboxylic acids is 1. The lowest BCUT2D eigenvalue weighted by Gasteiger charge is -2.31. The van der Waals surface area contributed by atoms with Gasteiger partial charge in [-0.2, -0.15) is 0 Å². The second kappa shape index (κ2) is 3.73. The molecule has 1 aromatic carbocycles. The number of benzene rings is 1. The average molecular weight is 222 g/mol. The van der Waals surface area contributed by atoms with E-state index in [0.29, 0.717) is 11.4 Å². The van der Waals surface area contributed by atoms with E-state index in [-0.39, 0.29) is 6.54 Å². The van der Waals surface area contributed by atoms with Crippen molar-refractivity contribution in [2.24, 2.45) is 5.73 Å². The Morgan fingerprint density at radius 1 is 1.44 bits per heavy atom. The van der Waals surface area contributed by atoms with Crippen LogP contribution in [0.5, 0.6) is 5.75 Å². The van der Waals surface area contributed by atoms with Gasteiger partial charge in [0.15, 0.2) is 0 Å². The van der Waals surface area contributed by atoms with Crippen molar-refractivity contribution in [3.8, 4) is 5.75 Å². The van der Waals surface area contributed by atoms with Crippen LogP contribution in [0, 0.1) is 0 Å². The highest BCUT2D eigenvalue weighted by Crippen LogP contribution is 2.32. The third-order valence-corrected chi connectivity index (χ3v) is 2.32. The monoisotopic (exact) mass is 222 g/mol. The van der Waals surface area contributed by atoms with Crippen LogP contribution in [0.1, 0.15) is 0 Å². The molecule has 0 saturated heterocycles. The first kappa shape index (κ1) is 10.3. The van der Waals surface area contributed by atoms with Gasteiger partial charge in [-0.25, -0.2) is 9.59 Å². The smallest absolute Gasteiger partial charge is 0.346 e. The lowest BCUT2D eigenvalue weighted by molar-refractivity contribution is -0.144. The topological polar surface area (TPSA) is 92.9 Å². The predicted molar refractivity (Wildman–Crippen MR) is 55.4 cm³/mol. The van der Waals surface area contributed by atoms with E-state index in [2.05, 4.69) is 0 Å². The van der Waals surface area contributed by atoms with Crippen LogP contribution < -0.4 is 15.4 Å². The highest BCUT2D eigenvalue weighted by Gasteiger charge is 2.32. The highest BCUT2D eigenvalue weighted by molar-refractivity contribution is 5.94. The number of urea groups is 1. The maximum Gasteiger partial charge on any atom is 0.346 e. The van der Waals surface area contributed by atoms with Crippen molar-refractivity contribution in [1.29, 1.82) is 0 Å². The molecule has 6 nitrogen and oxygen atoms in total. The molecule has 0 unspecified atom stereocenters. The van der Waals surface area contributed by atoms with Crippen LogP contribution in [-0.2, 0) is 4.79 Å². The van der Waals surface area contributed by atoms with E-state index in [4.69, 9.17) is 15.6 Å². The van der Waals surface area contributed by atoms with Gasteiger partial charge in [0.25, 0.3) is 0 Å². The first-order valence-electron chi connectivity index (χ1n) is 4.65. The molecular weight excluding hydrogens is 212 g/mol. The Kier molecular flexibility index (Phi) is 2.40. The maximum absolute atomic E-state index is 11.2. The summed E-state index contributed by atoms with van der Waals surface area (Å²) in [7, 11) is 0. The zero-order chi connectivity index (χ0) is 11.7. The van der Waals surface area contributed by atoms with E-state index in [1.54, 1.807) is 24.3 Å². The predicted octanol–water partition coefficient (Wildman–Crippen LogP) is 0.417. The van der Waals surface area contributed by atoms with Crippen molar-refractivity contribution in [1.82, 2.24) is 0 Å². The first-order valence-corrected chi connectivity index (χ1v) is 4.65. The molecule has 0 aliphatic carbocycles. The van der Waals surface area contributed by atoms with Gasteiger partial charge in [-0.15, -0.1) is 0 Å². The standard InChI is InChI=1S/C10H10N2O4/c11-10(15)12-5-8(9(13)14)16-7-4-2-1-3-6(7)12/h1-4,8H,5H2,(H2,11,15)(H,13,14)/t8-/m1/s1. The van der Waals surface area contributed by atoms with Crippen molar-refractivity contribution >= 4 is 17.7 Å². The van der Waals surface area contributed by atoms with Crippen LogP contribution >= 0.6 is 0 Å². The van der Waals surface area contributed by atoms with Crippen molar-refractivity contribution in [2.45, 2.75) is 6.10 Å². The van der Waals surface area contributed by atoms with Crippen LogP contribution in [0.4, 0.5) is 10.5 Å². The molecule has 1 aromatic rings. The number of nitrogens with zero attached hydrogens (tertiary/aromatic N) is 1. The molecule has 3 N–H and O–H groups in total. The van der Waals surface area contributed by atoms with Gasteiger partial charge < -0.3 is 15.6 Å². The summed E-state index contributed by atoms with van der Waals surface area (Å²) < 4.78 is 5.22. The SMILES string of the molecule is NC(=O)N1C[C@H](C(=O)O)Oc2ccccc21. The summed E-state index contributed by atoms with van der Waals surface area (Å²) in [6, 6.07) is 5.97. The summed E-state index contributed by atoms with van der Waals surface area (Å²) in [4.78, 5) is 23.2. The number of carboxylic acids is 1. The fraction of sp³-hybridized carbons (Fsp3) is 0.200.